The molecule has 0 saturated heterocycles. The van der Waals surface area contributed by atoms with E-state index in [0.717, 1.165) is 3.57 Å². The third-order valence-corrected chi connectivity index (χ3v) is 2.79. The lowest BCUT2D eigenvalue weighted by Crippen LogP contribution is -2.41. The summed E-state index contributed by atoms with van der Waals surface area (Å²) in [5.41, 5.74) is 0. The molecule has 1 rings (SSSR count). The van der Waals surface area contributed by atoms with Gasteiger partial charge in [-0.15, -0.1) is 0 Å². The van der Waals surface area contributed by atoms with Crippen molar-refractivity contribution in [1.29, 1.82) is 0 Å². The van der Waals surface area contributed by atoms with E-state index < -0.39 is 0 Å². The van der Waals surface area contributed by atoms with Crippen LogP contribution in [0.5, 0.6) is 0 Å². The predicted octanol–water partition coefficient (Wildman–Crippen LogP) is 0.810. The Morgan fingerprint density at radius 3 is 2.80 bits per heavy atom. The van der Waals surface area contributed by atoms with Crippen LogP contribution in [0.2, 0.25) is 0 Å². The van der Waals surface area contributed by atoms with Gasteiger partial charge in [-0.3, -0.25) is 9.48 Å². The van der Waals surface area contributed by atoms with E-state index in [1.807, 2.05) is 13.1 Å². The molecular formula is C9H14IN3O2. The van der Waals surface area contributed by atoms with Crippen molar-refractivity contribution in [3.63, 3.8) is 0 Å². The lowest BCUT2D eigenvalue weighted by Gasteiger charge is -2.21. The quantitative estimate of drug-likeness (QED) is 0.658. The topological polar surface area (TPSA) is 56.1 Å². The van der Waals surface area contributed by atoms with Gasteiger partial charge in [-0.25, -0.2) is 0 Å². The van der Waals surface area contributed by atoms with E-state index in [2.05, 4.69) is 33.0 Å². The Bertz CT molecular complexity index is 340. The van der Waals surface area contributed by atoms with E-state index >= 15 is 0 Å². The first-order chi connectivity index (χ1) is 7.10. The molecule has 0 aromatic carbocycles. The molecule has 1 aromatic rings. The molecule has 0 fully saturated rings. The Morgan fingerprint density at radius 2 is 2.40 bits per heavy atom. The van der Waals surface area contributed by atoms with Crippen molar-refractivity contribution < 1.29 is 9.53 Å². The number of halogens is 1. The normalized spacial score (nSPS) is 14.7. The van der Waals surface area contributed by atoms with Gasteiger partial charge in [-0.2, -0.15) is 5.10 Å². The average Bonchev–Trinajstić information content (AvgIpc) is 2.65. The summed E-state index contributed by atoms with van der Waals surface area (Å²) in [6.45, 7) is 1.92. The summed E-state index contributed by atoms with van der Waals surface area (Å²) in [5.74, 6) is -0.282. The number of rotatable bonds is 4. The molecule has 2 unspecified atom stereocenters. The molecule has 84 valence electrons. The molecule has 0 bridgehead atoms. The maximum absolute atomic E-state index is 11.4. The molecule has 15 heavy (non-hydrogen) atoms. The predicted molar refractivity (Wildman–Crippen MR) is 64.5 cm³/mol. The van der Waals surface area contributed by atoms with E-state index in [9.17, 15) is 4.79 Å². The highest BCUT2D eigenvalue weighted by Crippen LogP contribution is 2.13. The van der Waals surface area contributed by atoms with Gasteiger partial charge in [0.1, 0.15) is 6.04 Å². The van der Waals surface area contributed by atoms with Crippen LogP contribution in [0.1, 0.15) is 13.0 Å². The fourth-order valence-electron chi connectivity index (χ4n) is 1.37. The first-order valence-electron chi connectivity index (χ1n) is 4.55. The van der Waals surface area contributed by atoms with E-state index in [-0.39, 0.29) is 18.1 Å². The van der Waals surface area contributed by atoms with E-state index in [1.54, 1.807) is 17.9 Å². The van der Waals surface area contributed by atoms with Crippen molar-refractivity contribution in [2.45, 2.75) is 19.0 Å². The molecule has 0 aliphatic carbocycles. The third kappa shape index (κ3) is 2.91. The molecule has 0 aliphatic heterocycles. The molecule has 2 atom stereocenters. The first-order valence-corrected chi connectivity index (χ1v) is 5.62. The number of nitrogens with zero attached hydrogens (tertiary/aromatic N) is 2. The van der Waals surface area contributed by atoms with Crippen LogP contribution in [0.15, 0.2) is 12.4 Å². The smallest absolute Gasteiger partial charge is 0.325 e. The van der Waals surface area contributed by atoms with Crippen LogP contribution in [-0.4, -0.2) is 35.9 Å². The Balaban J connectivity index is 2.81. The van der Waals surface area contributed by atoms with Gasteiger partial charge in [0, 0.05) is 6.20 Å². The van der Waals surface area contributed by atoms with Crippen LogP contribution in [0.4, 0.5) is 0 Å². The number of hydrogen-bond donors (Lipinski definition) is 1. The van der Waals surface area contributed by atoms with Crippen molar-refractivity contribution in [3.8, 4) is 0 Å². The minimum absolute atomic E-state index is 0.0778. The Labute approximate surface area is 102 Å². The number of hydrogen-bond acceptors (Lipinski definition) is 4. The Morgan fingerprint density at radius 1 is 1.73 bits per heavy atom. The molecule has 6 heteroatoms. The zero-order valence-corrected chi connectivity index (χ0v) is 11.1. The molecule has 5 nitrogen and oxygen atoms in total. The monoisotopic (exact) mass is 323 g/mol. The summed E-state index contributed by atoms with van der Waals surface area (Å²) in [6, 6.07) is -0.461. The third-order valence-electron chi connectivity index (χ3n) is 2.24. The highest BCUT2D eigenvalue weighted by atomic mass is 127. The molecule has 0 amide bonds. The minimum atomic E-state index is -0.384. The van der Waals surface area contributed by atoms with Gasteiger partial charge in [0.05, 0.1) is 22.9 Å². The highest BCUT2D eigenvalue weighted by Gasteiger charge is 2.25. The number of likely N-dealkylation sites (N-methyl/N-ethyl adjacent to an activating group) is 1. The fraction of sp³-hybridized carbons (Fsp3) is 0.556. The minimum Gasteiger partial charge on any atom is -0.468 e. The van der Waals surface area contributed by atoms with Crippen molar-refractivity contribution in [2.24, 2.45) is 0 Å². The second-order valence-electron chi connectivity index (χ2n) is 3.17. The fourth-order valence-corrected chi connectivity index (χ4v) is 1.78. The van der Waals surface area contributed by atoms with E-state index in [4.69, 9.17) is 4.74 Å². The average molecular weight is 323 g/mol. The van der Waals surface area contributed by atoms with E-state index in [1.165, 1.54) is 7.11 Å². The number of ether oxygens (including phenoxy) is 1. The summed E-state index contributed by atoms with van der Waals surface area (Å²) in [4.78, 5) is 11.4. The summed E-state index contributed by atoms with van der Waals surface area (Å²) < 4.78 is 7.50. The first kappa shape index (κ1) is 12.4. The zero-order valence-electron chi connectivity index (χ0n) is 8.90. The van der Waals surface area contributed by atoms with Crippen LogP contribution in [0, 0.1) is 3.57 Å². The number of esters is 1. The van der Waals surface area contributed by atoms with E-state index in [0.29, 0.717) is 0 Å². The number of carbonyl (C=O) groups is 1. The number of nitrogens with one attached hydrogen (secondary N) is 1. The van der Waals surface area contributed by atoms with Crippen molar-refractivity contribution in [3.05, 3.63) is 16.0 Å². The van der Waals surface area contributed by atoms with Crippen molar-refractivity contribution >= 4 is 28.6 Å². The van der Waals surface area contributed by atoms with Crippen molar-refractivity contribution in [1.82, 2.24) is 15.1 Å². The lowest BCUT2D eigenvalue weighted by molar-refractivity contribution is -0.144. The molecule has 1 aromatic heterocycles. The number of carbonyl (C=O) groups excluding carboxylic acids is 1. The van der Waals surface area contributed by atoms with Gasteiger partial charge >= 0.3 is 5.97 Å². The summed E-state index contributed by atoms with van der Waals surface area (Å²) in [6.07, 6.45) is 3.64. The molecule has 0 aliphatic rings. The van der Waals surface area contributed by atoms with Crippen LogP contribution < -0.4 is 5.32 Å². The van der Waals surface area contributed by atoms with Crippen molar-refractivity contribution in [2.75, 3.05) is 14.2 Å². The highest BCUT2D eigenvalue weighted by molar-refractivity contribution is 14.1. The molecule has 0 spiro atoms. The molecular weight excluding hydrogens is 309 g/mol. The van der Waals surface area contributed by atoms with Crippen LogP contribution in [0.25, 0.3) is 0 Å². The second kappa shape index (κ2) is 5.45. The van der Waals surface area contributed by atoms with Crippen LogP contribution >= 0.6 is 22.6 Å². The standard InChI is InChI=1S/C9H14IN3O2/c1-6(8(11-2)9(14)15-3)13-5-7(10)4-12-13/h4-6,8,11H,1-3H3. The summed E-state index contributed by atoms with van der Waals surface area (Å²) in [5, 5.41) is 7.09. The molecule has 1 N–H and O–H groups in total. The van der Waals surface area contributed by atoms with Gasteiger partial charge in [-0.1, -0.05) is 0 Å². The zero-order chi connectivity index (χ0) is 11.4. The lowest BCUT2D eigenvalue weighted by atomic mass is 10.1. The van der Waals surface area contributed by atoms with Crippen LogP contribution in [-0.2, 0) is 9.53 Å². The maximum Gasteiger partial charge on any atom is 0.325 e. The number of methoxy groups -OCH3 is 1. The van der Waals surface area contributed by atoms with Gasteiger partial charge in [0.25, 0.3) is 0 Å². The molecule has 1 heterocycles. The van der Waals surface area contributed by atoms with Gasteiger partial charge in [0.15, 0.2) is 0 Å². The Kier molecular flexibility index (Phi) is 4.52. The summed E-state index contributed by atoms with van der Waals surface area (Å²) >= 11 is 2.18. The van der Waals surface area contributed by atoms with Crippen LogP contribution in [0.3, 0.4) is 0 Å². The maximum atomic E-state index is 11.4. The van der Waals surface area contributed by atoms with Gasteiger partial charge in [0.2, 0.25) is 0 Å². The Hall–Kier alpha value is -0.630. The second-order valence-corrected chi connectivity index (χ2v) is 4.41. The van der Waals surface area contributed by atoms with Gasteiger partial charge in [-0.05, 0) is 36.6 Å². The molecule has 0 saturated carbocycles. The molecule has 0 radical (unpaired) electrons. The van der Waals surface area contributed by atoms with Gasteiger partial charge < -0.3 is 10.1 Å². The number of aromatic nitrogens is 2. The summed E-state index contributed by atoms with van der Waals surface area (Å²) in [7, 11) is 3.11. The largest absolute Gasteiger partial charge is 0.468 e. The SMILES string of the molecule is CNC(C(=O)OC)C(C)n1cc(I)cn1.